The van der Waals surface area contributed by atoms with Crippen LogP contribution in [0.1, 0.15) is 5.01 Å². The van der Waals surface area contributed by atoms with Crippen molar-refractivity contribution in [1.82, 2.24) is 10.2 Å². The highest BCUT2D eigenvalue weighted by atomic mass is 32.1. The molecule has 0 bridgehead atoms. The summed E-state index contributed by atoms with van der Waals surface area (Å²) in [6.07, 6.45) is 0. The number of benzene rings is 1. The van der Waals surface area contributed by atoms with E-state index in [4.69, 9.17) is 0 Å². The maximum Gasteiger partial charge on any atom is 0.212 e. The van der Waals surface area contributed by atoms with E-state index in [9.17, 15) is 0 Å². The summed E-state index contributed by atoms with van der Waals surface area (Å²) in [5, 5.41) is 9.99. The van der Waals surface area contributed by atoms with Crippen molar-refractivity contribution in [3.05, 3.63) is 35.3 Å². The minimum atomic E-state index is 0.925. The van der Waals surface area contributed by atoms with E-state index in [0.717, 1.165) is 15.8 Å². The maximum atomic E-state index is 4.09. The Labute approximate surface area is 87.0 Å². The van der Waals surface area contributed by atoms with Crippen LogP contribution in [0.4, 0.5) is 10.8 Å². The highest BCUT2D eigenvalue weighted by molar-refractivity contribution is 7.15. The fourth-order valence-corrected chi connectivity index (χ4v) is 1.85. The van der Waals surface area contributed by atoms with Gasteiger partial charge in [0.25, 0.3) is 0 Å². The Morgan fingerprint density at radius 3 is 2.43 bits per heavy atom. The number of rotatable bonds is 2. The predicted molar refractivity (Wildman–Crippen MR) is 59.2 cm³/mol. The molecule has 0 fully saturated rings. The number of aryl methyl sites for hydroxylation is 1. The summed E-state index contributed by atoms with van der Waals surface area (Å²) in [4.78, 5) is 2.03. The van der Waals surface area contributed by atoms with Gasteiger partial charge in [-0.2, -0.15) is 0 Å². The molecule has 0 atom stereocenters. The Kier molecular flexibility index (Phi) is 2.45. The van der Waals surface area contributed by atoms with E-state index in [1.165, 1.54) is 0 Å². The van der Waals surface area contributed by atoms with Crippen LogP contribution in [0.3, 0.4) is 0 Å². The summed E-state index contributed by atoms with van der Waals surface area (Å²) in [5.74, 6) is 0. The molecule has 1 aromatic carbocycles. The van der Waals surface area contributed by atoms with Crippen LogP contribution in [0.15, 0.2) is 30.3 Å². The highest BCUT2D eigenvalue weighted by Gasteiger charge is 2.07. The van der Waals surface area contributed by atoms with Gasteiger partial charge in [0.2, 0.25) is 5.13 Å². The van der Waals surface area contributed by atoms with Crippen molar-refractivity contribution >= 4 is 22.2 Å². The lowest BCUT2D eigenvalue weighted by molar-refractivity contribution is 1.02. The van der Waals surface area contributed by atoms with E-state index >= 15 is 0 Å². The molecule has 0 saturated carbocycles. The molecule has 0 saturated heterocycles. The highest BCUT2D eigenvalue weighted by Crippen LogP contribution is 2.25. The Morgan fingerprint density at radius 2 is 1.86 bits per heavy atom. The zero-order valence-corrected chi connectivity index (χ0v) is 8.95. The number of nitrogens with zero attached hydrogens (tertiary/aromatic N) is 3. The second-order valence-electron chi connectivity index (χ2n) is 3.00. The summed E-state index contributed by atoms with van der Waals surface area (Å²) >= 11 is 1.59. The van der Waals surface area contributed by atoms with Crippen LogP contribution in [-0.2, 0) is 0 Å². The van der Waals surface area contributed by atoms with Gasteiger partial charge >= 0.3 is 0 Å². The molecule has 0 aliphatic heterocycles. The normalized spacial score (nSPS) is 10.1. The Balaban J connectivity index is 2.29. The van der Waals surface area contributed by atoms with E-state index < -0.39 is 0 Å². The van der Waals surface area contributed by atoms with Gasteiger partial charge in [-0.1, -0.05) is 29.5 Å². The number of aromatic nitrogens is 2. The summed E-state index contributed by atoms with van der Waals surface area (Å²) in [6, 6.07) is 10.1. The molecule has 4 heteroatoms. The lowest BCUT2D eigenvalue weighted by Gasteiger charge is -2.14. The third-order valence-electron chi connectivity index (χ3n) is 1.95. The smallest absolute Gasteiger partial charge is 0.212 e. The molecule has 0 aliphatic rings. The first-order valence-corrected chi connectivity index (χ1v) is 5.18. The van der Waals surface area contributed by atoms with Gasteiger partial charge in [0.05, 0.1) is 0 Å². The zero-order valence-electron chi connectivity index (χ0n) is 8.14. The molecule has 3 nitrogen and oxygen atoms in total. The Morgan fingerprint density at radius 1 is 1.14 bits per heavy atom. The monoisotopic (exact) mass is 205 g/mol. The first-order chi connectivity index (χ1) is 6.77. The first kappa shape index (κ1) is 9.15. The molecule has 2 rings (SSSR count). The minimum absolute atomic E-state index is 0.925. The zero-order chi connectivity index (χ0) is 9.97. The average molecular weight is 205 g/mol. The molecule has 72 valence electrons. The molecule has 14 heavy (non-hydrogen) atoms. The van der Waals surface area contributed by atoms with Crippen LogP contribution in [0.5, 0.6) is 0 Å². The van der Waals surface area contributed by atoms with Gasteiger partial charge in [-0.15, -0.1) is 10.2 Å². The number of anilines is 2. The Hall–Kier alpha value is -1.42. The fourth-order valence-electron chi connectivity index (χ4n) is 1.18. The van der Waals surface area contributed by atoms with Crippen LogP contribution in [0.2, 0.25) is 0 Å². The van der Waals surface area contributed by atoms with Gasteiger partial charge in [-0.05, 0) is 19.1 Å². The van der Waals surface area contributed by atoms with Crippen LogP contribution < -0.4 is 4.90 Å². The van der Waals surface area contributed by atoms with Crippen LogP contribution in [0, 0.1) is 6.92 Å². The summed E-state index contributed by atoms with van der Waals surface area (Å²) in [7, 11) is 2.00. The number of hydrogen-bond donors (Lipinski definition) is 0. The van der Waals surface area contributed by atoms with Gasteiger partial charge < -0.3 is 4.90 Å². The van der Waals surface area contributed by atoms with Crippen molar-refractivity contribution in [2.75, 3.05) is 11.9 Å². The molecule has 0 N–H and O–H groups in total. The molecular weight excluding hydrogens is 194 g/mol. The molecule has 0 spiro atoms. The third kappa shape index (κ3) is 1.75. The SMILES string of the molecule is Cc1nnc(N(C)c2ccccc2)s1. The van der Waals surface area contributed by atoms with E-state index in [2.05, 4.69) is 22.3 Å². The van der Waals surface area contributed by atoms with E-state index in [1.54, 1.807) is 11.3 Å². The van der Waals surface area contributed by atoms with Crippen LogP contribution in [-0.4, -0.2) is 17.2 Å². The average Bonchev–Trinajstić information content (AvgIpc) is 2.65. The molecule has 0 aliphatic carbocycles. The molecule has 0 unspecified atom stereocenters. The second kappa shape index (κ2) is 3.75. The lowest BCUT2D eigenvalue weighted by atomic mass is 10.3. The quantitative estimate of drug-likeness (QED) is 0.754. The Bertz CT molecular complexity index is 410. The minimum Gasteiger partial charge on any atom is -0.319 e. The standard InChI is InChI=1S/C10H11N3S/c1-8-11-12-10(14-8)13(2)9-6-4-3-5-7-9/h3-7H,1-2H3. The summed E-state index contributed by atoms with van der Waals surface area (Å²) < 4.78 is 0. The molecule has 1 heterocycles. The lowest BCUT2D eigenvalue weighted by Crippen LogP contribution is -2.08. The molecule has 2 aromatic rings. The van der Waals surface area contributed by atoms with Gasteiger partial charge in [0, 0.05) is 12.7 Å². The van der Waals surface area contributed by atoms with Gasteiger partial charge in [-0.25, -0.2) is 0 Å². The van der Waals surface area contributed by atoms with E-state index in [1.807, 2.05) is 37.1 Å². The number of para-hydroxylation sites is 1. The van der Waals surface area contributed by atoms with Gasteiger partial charge in [0.15, 0.2) is 0 Å². The van der Waals surface area contributed by atoms with Crippen molar-refractivity contribution in [2.45, 2.75) is 6.92 Å². The molecule has 1 aromatic heterocycles. The summed E-state index contributed by atoms with van der Waals surface area (Å²) in [6.45, 7) is 1.96. The predicted octanol–water partition coefficient (Wildman–Crippen LogP) is 2.61. The van der Waals surface area contributed by atoms with Gasteiger partial charge in [-0.3, -0.25) is 0 Å². The van der Waals surface area contributed by atoms with Crippen molar-refractivity contribution in [1.29, 1.82) is 0 Å². The van der Waals surface area contributed by atoms with E-state index in [-0.39, 0.29) is 0 Å². The molecule has 0 radical (unpaired) electrons. The second-order valence-corrected chi connectivity index (χ2v) is 4.16. The topological polar surface area (TPSA) is 29.0 Å². The third-order valence-corrected chi connectivity index (χ3v) is 2.86. The van der Waals surface area contributed by atoms with Crippen LogP contribution >= 0.6 is 11.3 Å². The van der Waals surface area contributed by atoms with Crippen molar-refractivity contribution < 1.29 is 0 Å². The number of hydrogen-bond acceptors (Lipinski definition) is 4. The van der Waals surface area contributed by atoms with Crippen LogP contribution in [0.25, 0.3) is 0 Å². The largest absolute Gasteiger partial charge is 0.319 e. The van der Waals surface area contributed by atoms with Crippen molar-refractivity contribution in [3.63, 3.8) is 0 Å². The van der Waals surface area contributed by atoms with E-state index in [0.29, 0.717) is 0 Å². The van der Waals surface area contributed by atoms with Crippen molar-refractivity contribution in [3.8, 4) is 0 Å². The molecular formula is C10H11N3S. The maximum absolute atomic E-state index is 4.09. The molecule has 0 amide bonds. The first-order valence-electron chi connectivity index (χ1n) is 4.36. The van der Waals surface area contributed by atoms with Gasteiger partial charge in [0.1, 0.15) is 5.01 Å². The fraction of sp³-hybridized carbons (Fsp3) is 0.200. The van der Waals surface area contributed by atoms with Crippen molar-refractivity contribution in [2.24, 2.45) is 0 Å². The summed E-state index contributed by atoms with van der Waals surface area (Å²) in [5.41, 5.74) is 1.13.